The number of hydrogen-bond acceptors (Lipinski definition) is 5. The molecule has 0 spiro atoms. The van der Waals surface area contributed by atoms with Crippen LogP contribution in [0.25, 0.3) is 0 Å². The molecule has 7 heteroatoms. The van der Waals surface area contributed by atoms with Gasteiger partial charge in [-0.1, -0.05) is 12.1 Å². The summed E-state index contributed by atoms with van der Waals surface area (Å²) in [6.45, 7) is 7.81. The summed E-state index contributed by atoms with van der Waals surface area (Å²) >= 11 is 0. The molecular weight excluding hydrogens is 297 g/mol. The number of aliphatic hydroxyl groups is 2. The summed E-state index contributed by atoms with van der Waals surface area (Å²) in [5, 5.41) is 22.1. The molecule has 3 rings (SSSR count). The third-order valence-electron chi connectivity index (χ3n) is 5.00. The predicted octanol–water partition coefficient (Wildman–Crippen LogP) is 0.255. The van der Waals surface area contributed by atoms with Gasteiger partial charge in [0, 0.05) is 6.54 Å². The van der Waals surface area contributed by atoms with Crippen molar-refractivity contribution in [2.75, 3.05) is 6.61 Å². The minimum atomic E-state index is -1.12. The van der Waals surface area contributed by atoms with Crippen LogP contribution < -0.4 is 10.8 Å². The second kappa shape index (κ2) is 5.31. The zero-order valence-corrected chi connectivity index (χ0v) is 13.8. The molecule has 2 aliphatic heterocycles. The molecular formula is C16H22BNO5. The lowest BCUT2D eigenvalue weighted by molar-refractivity contribution is 0.00578. The molecule has 1 fully saturated rings. The molecule has 1 aromatic carbocycles. The maximum Gasteiger partial charge on any atom is 0.494 e. The number of hydrogen-bond donors (Lipinski definition) is 3. The topological polar surface area (TPSA) is 88.0 Å². The van der Waals surface area contributed by atoms with Crippen molar-refractivity contribution in [3.63, 3.8) is 0 Å². The van der Waals surface area contributed by atoms with Gasteiger partial charge < -0.3 is 24.8 Å². The van der Waals surface area contributed by atoms with Gasteiger partial charge in [-0.05, 0) is 44.3 Å². The fourth-order valence-corrected chi connectivity index (χ4v) is 2.91. The van der Waals surface area contributed by atoms with Gasteiger partial charge in [0.2, 0.25) is 0 Å². The molecule has 2 aliphatic rings. The van der Waals surface area contributed by atoms with Gasteiger partial charge in [0.25, 0.3) is 5.91 Å². The lowest BCUT2D eigenvalue weighted by Gasteiger charge is -2.32. The maximum absolute atomic E-state index is 12.0. The van der Waals surface area contributed by atoms with E-state index in [1.54, 1.807) is 6.07 Å². The zero-order chi connectivity index (χ0) is 17.0. The Morgan fingerprint density at radius 2 is 1.87 bits per heavy atom. The van der Waals surface area contributed by atoms with Crippen molar-refractivity contribution in [1.82, 2.24) is 5.32 Å². The third kappa shape index (κ3) is 2.57. The molecule has 1 aromatic rings. The van der Waals surface area contributed by atoms with Gasteiger partial charge >= 0.3 is 7.12 Å². The number of benzene rings is 1. The highest BCUT2D eigenvalue weighted by molar-refractivity contribution is 6.62. The number of aliphatic hydroxyl groups excluding tert-OH is 2. The van der Waals surface area contributed by atoms with Crippen molar-refractivity contribution < 1.29 is 24.3 Å². The van der Waals surface area contributed by atoms with Crippen LogP contribution in [0.1, 0.15) is 55.3 Å². The van der Waals surface area contributed by atoms with E-state index in [0.717, 1.165) is 11.0 Å². The Labute approximate surface area is 135 Å². The number of carbonyl (C=O) groups is 1. The molecule has 0 aromatic heterocycles. The van der Waals surface area contributed by atoms with Crippen LogP contribution in [0.2, 0.25) is 0 Å². The van der Waals surface area contributed by atoms with E-state index in [0.29, 0.717) is 17.7 Å². The molecule has 2 heterocycles. The van der Waals surface area contributed by atoms with Gasteiger partial charge in [0.1, 0.15) is 6.10 Å². The summed E-state index contributed by atoms with van der Waals surface area (Å²) in [4.78, 5) is 12.0. The molecule has 1 amide bonds. The molecule has 0 saturated carbocycles. The normalized spacial score (nSPS) is 22.9. The first-order valence-corrected chi connectivity index (χ1v) is 7.76. The van der Waals surface area contributed by atoms with E-state index in [1.165, 1.54) is 0 Å². The van der Waals surface area contributed by atoms with Crippen molar-refractivity contribution >= 4 is 18.5 Å². The number of amides is 1. The minimum Gasteiger partial charge on any atom is -0.399 e. The van der Waals surface area contributed by atoms with Crippen LogP contribution in [0.15, 0.2) is 12.1 Å². The van der Waals surface area contributed by atoms with Crippen molar-refractivity contribution in [1.29, 1.82) is 0 Å². The van der Waals surface area contributed by atoms with Crippen LogP contribution >= 0.6 is 0 Å². The number of fused-ring (bicyclic) bond motifs is 1. The monoisotopic (exact) mass is 319 g/mol. The maximum atomic E-state index is 12.0. The lowest BCUT2D eigenvalue weighted by Crippen LogP contribution is -2.41. The molecule has 124 valence electrons. The average molecular weight is 319 g/mol. The first kappa shape index (κ1) is 16.5. The molecule has 0 radical (unpaired) electrons. The Kier molecular flexibility index (Phi) is 3.80. The lowest BCUT2D eigenvalue weighted by atomic mass is 9.76. The predicted molar refractivity (Wildman–Crippen MR) is 85.4 cm³/mol. The van der Waals surface area contributed by atoms with E-state index in [2.05, 4.69) is 5.32 Å². The highest BCUT2D eigenvalue weighted by atomic mass is 16.7. The molecule has 3 N–H and O–H groups in total. The minimum absolute atomic E-state index is 0.233. The molecule has 0 aliphatic carbocycles. The summed E-state index contributed by atoms with van der Waals surface area (Å²) < 4.78 is 12.1. The molecule has 6 nitrogen and oxygen atoms in total. The van der Waals surface area contributed by atoms with E-state index >= 15 is 0 Å². The van der Waals surface area contributed by atoms with Crippen LogP contribution in [0.4, 0.5) is 0 Å². The Morgan fingerprint density at radius 1 is 1.26 bits per heavy atom. The standard InChI is InChI=1S/C16H22BNO5/c1-15(2)16(3,4)23-17(22-15)10-5-9-7-18-14(21)13(9)11(6-10)12(20)8-19/h5-6,12,19-20H,7-8H2,1-4H3,(H,18,21). The smallest absolute Gasteiger partial charge is 0.399 e. The fraction of sp³-hybridized carbons (Fsp3) is 0.562. The largest absolute Gasteiger partial charge is 0.494 e. The molecule has 1 saturated heterocycles. The molecule has 1 unspecified atom stereocenters. The van der Waals surface area contributed by atoms with Gasteiger partial charge in [0.15, 0.2) is 0 Å². The third-order valence-corrected chi connectivity index (χ3v) is 5.00. The summed E-state index contributed by atoms with van der Waals surface area (Å²) in [5.74, 6) is -0.233. The highest BCUT2D eigenvalue weighted by Crippen LogP contribution is 2.37. The van der Waals surface area contributed by atoms with E-state index < -0.39 is 31.0 Å². The molecule has 0 bridgehead atoms. The van der Waals surface area contributed by atoms with E-state index in [1.807, 2.05) is 33.8 Å². The Hall–Kier alpha value is -1.41. The summed E-state index contributed by atoms with van der Waals surface area (Å²) in [6, 6.07) is 3.55. The fourth-order valence-electron chi connectivity index (χ4n) is 2.91. The van der Waals surface area contributed by atoms with Crippen LogP contribution in [0.3, 0.4) is 0 Å². The SMILES string of the molecule is CC1(C)OB(c2cc3c(c(C(O)CO)c2)C(=O)NC3)OC1(C)C. The van der Waals surface area contributed by atoms with Crippen molar-refractivity contribution in [2.24, 2.45) is 0 Å². The summed E-state index contributed by atoms with van der Waals surface area (Å²) in [7, 11) is -0.578. The van der Waals surface area contributed by atoms with Crippen molar-refractivity contribution in [2.45, 2.75) is 51.5 Å². The quantitative estimate of drug-likeness (QED) is 0.696. The Morgan fingerprint density at radius 3 is 2.43 bits per heavy atom. The molecule has 23 heavy (non-hydrogen) atoms. The second-order valence-corrected chi connectivity index (χ2v) is 7.11. The summed E-state index contributed by atoms with van der Waals surface area (Å²) in [6.07, 6.45) is -1.12. The highest BCUT2D eigenvalue weighted by Gasteiger charge is 2.52. The van der Waals surface area contributed by atoms with Gasteiger partial charge in [-0.3, -0.25) is 4.79 Å². The van der Waals surface area contributed by atoms with Crippen molar-refractivity contribution in [3.8, 4) is 0 Å². The number of carbonyl (C=O) groups excluding carboxylic acids is 1. The van der Waals surface area contributed by atoms with Gasteiger partial charge in [-0.15, -0.1) is 0 Å². The Bertz CT molecular complexity index is 642. The first-order valence-electron chi connectivity index (χ1n) is 7.76. The van der Waals surface area contributed by atoms with Crippen LogP contribution in [0.5, 0.6) is 0 Å². The van der Waals surface area contributed by atoms with Gasteiger partial charge in [0.05, 0.1) is 23.4 Å². The first-order chi connectivity index (χ1) is 10.7. The van der Waals surface area contributed by atoms with Crippen LogP contribution in [-0.2, 0) is 15.9 Å². The number of nitrogens with one attached hydrogen (secondary N) is 1. The zero-order valence-electron chi connectivity index (χ0n) is 13.8. The number of rotatable bonds is 3. The van der Waals surface area contributed by atoms with E-state index in [-0.39, 0.29) is 5.91 Å². The average Bonchev–Trinajstić information content (AvgIpc) is 2.95. The van der Waals surface area contributed by atoms with E-state index in [9.17, 15) is 15.0 Å². The van der Waals surface area contributed by atoms with Gasteiger partial charge in [-0.25, -0.2) is 0 Å². The van der Waals surface area contributed by atoms with E-state index in [4.69, 9.17) is 9.31 Å². The second-order valence-electron chi connectivity index (χ2n) is 7.11. The molecule has 1 atom stereocenters. The van der Waals surface area contributed by atoms with Crippen LogP contribution in [-0.4, -0.2) is 41.0 Å². The summed E-state index contributed by atoms with van der Waals surface area (Å²) in [5.41, 5.74) is 1.42. The van der Waals surface area contributed by atoms with Crippen LogP contribution in [0, 0.1) is 0 Å². The Balaban J connectivity index is 2.04. The van der Waals surface area contributed by atoms with Crippen molar-refractivity contribution in [3.05, 3.63) is 28.8 Å². The van der Waals surface area contributed by atoms with Gasteiger partial charge in [-0.2, -0.15) is 0 Å².